The Labute approximate surface area is 108 Å². The van der Waals surface area contributed by atoms with E-state index in [1.54, 1.807) is 7.11 Å². The number of benzene rings is 1. The van der Waals surface area contributed by atoms with E-state index < -0.39 is 0 Å². The van der Waals surface area contributed by atoms with Crippen LogP contribution in [0.5, 0.6) is 5.75 Å². The molecule has 0 aliphatic carbocycles. The summed E-state index contributed by atoms with van der Waals surface area (Å²) in [6.45, 7) is 3.77. The molecule has 4 heteroatoms. The molecule has 0 bridgehead atoms. The van der Waals surface area contributed by atoms with Crippen LogP contribution in [0.2, 0.25) is 0 Å². The van der Waals surface area contributed by atoms with Crippen LogP contribution in [-0.2, 0) is 4.79 Å². The number of carbonyl (C=O) groups is 1. The topological polar surface area (TPSA) is 50.4 Å². The zero-order chi connectivity index (χ0) is 13.0. The second kappa shape index (κ2) is 5.87. The molecule has 0 spiro atoms. The van der Waals surface area contributed by atoms with Gasteiger partial charge >= 0.3 is 0 Å². The molecule has 2 rings (SSSR count). The normalized spacial score (nSPS) is 19.3. The molecule has 98 valence electrons. The van der Waals surface area contributed by atoms with Crippen LogP contribution >= 0.6 is 0 Å². The number of piperidine rings is 1. The number of hydrogen-bond donors (Lipinski definition) is 2. The Morgan fingerprint density at radius 3 is 2.94 bits per heavy atom. The average molecular weight is 248 g/mol. The van der Waals surface area contributed by atoms with Crippen molar-refractivity contribution in [1.82, 2.24) is 5.32 Å². The van der Waals surface area contributed by atoms with E-state index in [9.17, 15) is 4.79 Å². The number of nitrogens with one attached hydrogen (secondary N) is 2. The van der Waals surface area contributed by atoms with Gasteiger partial charge in [-0.25, -0.2) is 0 Å². The van der Waals surface area contributed by atoms with E-state index in [4.69, 9.17) is 4.74 Å². The van der Waals surface area contributed by atoms with E-state index >= 15 is 0 Å². The van der Waals surface area contributed by atoms with Gasteiger partial charge in [-0.3, -0.25) is 4.79 Å². The summed E-state index contributed by atoms with van der Waals surface area (Å²) in [5.41, 5.74) is 1.86. The second-order valence-corrected chi connectivity index (χ2v) is 4.72. The van der Waals surface area contributed by atoms with Crippen molar-refractivity contribution in [2.45, 2.75) is 19.8 Å². The van der Waals surface area contributed by atoms with Gasteiger partial charge in [0.05, 0.1) is 13.0 Å². The molecule has 0 radical (unpaired) electrons. The van der Waals surface area contributed by atoms with E-state index in [-0.39, 0.29) is 11.8 Å². The highest BCUT2D eigenvalue weighted by Crippen LogP contribution is 2.22. The number of rotatable bonds is 3. The van der Waals surface area contributed by atoms with E-state index in [1.165, 1.54) is 0 Å². The van der Waals surface area contributed by atoms with Crippen LogP contribution in [0.3, 0.4) is 0 Å². The summed E-state index contributed by atoms with van der Waals surface area (Å²) in [5.74, 6) is 1.03. The summed E-state index contributed by atoms with van der Waals surface area (Å²) in [6.07, 6.45) is 2.04. The SMILES string of the molecule is COc1ccc(NC(=O)C2CCCNC2)cc1C. The zero-order valence-corrected chi connectivity index (χ0v) is 11.0. The molecular formula is C14H20N2O2. The Kier molecular flexibility index (Phi) is 4.20. The van der Waals surface area contributed by atoms with E-state index in [2.05, 4.69) is 10.6 Å². The zero-order valence-electron chi connectivity index (χ0n) is 11.0. The van der Waals surface area contributed by atoms with Crippen LogP contribution in [0, 0.1) is 12.8 Å². The summed E-state index contributed by atoms with van der Waals surface area (Å²) in [5, 5.41) is 6.22. The van der Waals surface area contributed by atoms with Gasteiger partial charge in [0.15, 0.2) is 0 Å². The third-order valence-electron chi connectivity index (χ3n) is 3.33. The highest BCUT2D eigenvalue weighted by atomic mass is 16.5. The molecule has 1 aromatic carbocycles. The maximum absolute atomic E-state index is 12.1. The van der Waals surface area contributed by atoms with Crippen molar-refractivity contribution in [3.05, 3.63) is 23.8 Å². The number of amides is 1. The summed E-state index contributed by atoms with van der Waals surface area (Å²) in [7, 11) is 1.65. The minimum Gasteiger partial charge on any atom is -0.496 e. The molecule has 1 aliphatic heterocycles. The minimum atomic E-state index is 0.0844. The fraction of sp³-hybridized carbons (Fsp3) is 0.500. The van der Waals surface area contributed by atoms with E-state index in [0.717, 1.165) is 42.9 Å². The second-order valence-electron chi connectivity index (χ2n) is 4.72. The Bertz CT molecular complexity index is 426. The van der Waals surface area contributed by atoms with Crippen molar-refractivity contribution in [2.24, 2.45) is 5.92 Å². The number of hydrogen-bond acceptors (Lipinski definition) is 3. The van der Waals surface area contributed by atoms with Crippen LogP contribution in [-0.4, -0.2) is 26.1 Å². The number of ether oxygens (including phenoxy) is 1. The molecule has 0 saturated carbocycles. The Morgan fingerprint density at radius 2 is 2.33 bits per heavy atom. The van der Waals surface area contributed by atoms with E-state index in [0.29, 0.717) is 0 Å². The third-order valence-corrected chi connectivity index (χ3v) is 3.33. The van der Waals surface area contributed by atoms with Gasteiger partial charge in [0.2, 0.25) is 5.91 Å². The standard InChI is InChI=1S/C14H20N2O2/c1-10-8-12(5-6-13(10)18-2)16-14(17)11-4-3-7-15-9-11/h5-6,8,11,15H,3-4,7,9H2,1-2H3,(H,16,17). The molecule has 2 N–H and O–H groups in total. The smallest absolute Gasteiger partial charge is 0.228 e. The Morgan fingerprint density at radius 1 is 1.50 bits per heavy atom. The summed E-state index contributed by atoms with van der Waals surface area (Å²) >= 11 is 0. The Balaban J connectivity index is 2.00. The number of methoxy groups -OCH3 is 1. The molecule has 0 aromatic heterocycles. The van der Waals surface area contributed by atoms with Crippen molar-refractivity contribution in [3.8, 4) is 5.75 Å². The van der Waals surface area contributed by atoms with Gasteiger partial charge in [0.25, 0.3) is 0 Å². The fourth-order valence-electron chi connectivity index (χ4n) is 2.28. The van der Waals surface area contributed by atoms with Gasteiger partial charge in [0, 0.05) is 12.2 Å². The van der Waals surface area contributed by atoms with Gasteiger partial charge in [-0.1, -0.05) is 0 Å². The largest absolute Gasteiger partial charge is 0.496 e. The van der Waals surface area contributed by atoms with Crippen LogP contribution in [0.1, 0.15) is 18.4 Å². The fourth-order valence-corrected chi connectivity index (χ4v) is 2.28. The van der Waals surface area contributed by atoms with Crippen LogP contribution in [0.25, 0.3) is 0 Å². The monoisotopic (exact) mass is 248 g/mol. The average Bonchev–Trinajstić information content (AvgIpc) is 2.40. The predicted molar refractivity (Wildman–Crippen MR) is 72.0 cm³/mol. The maximum atomic E-state index is 12.1. The number of anilines is 1. The summed E-state index contributed by atoms with van der Waals surface area (Å²) < 4.78 is 5.20. The lowest BCUT2D eigenvalue weighted by Gasteiger charge is -2.22. The van der Waals surface area contributed by atoms with E-state index in [1.807, 2.05) is 25.1 Å². The van der Waals surface area contributed by atoms with Crippen molar-refractivity contribution in [1.29, 1.82) is 0 Å². The van der Waals surface area contributed by atoms with Gasteiger partial charge in [-0.15, -0.1) is 0 Å². The highest BCUT2D eigenvalue weighted by Gasteiger charge is 2.20. The van der Waals surface area contributed by atoms with Crippen LogP contribution in [0.15, 0.2) is 18.2 Å². The number of carbonyl (C=O) groups excluding carboxylic acids is 1. The molecule has 1 fully saturated rings. The molecule has 1 aliphatic rings. The molecule has 1 aromatic rings. The quantitative estimate of drug-likeness (QED) is 0.859. The lowest BCUT2D eigenvalue weighted by atomic mass is 9.99. The van der Waals surface area contributed by atoms with Gasteiger partial charge in [0.1, 0.15) is 5.75 Å². The first kappa shape index (κ1) is 12.9. The summed E-state index contributed by atoms with van der Waals surface area (Å²) in [4.78, 5) is 12.1. The molecule has 4 nitrogen and oxygen atoms in total. The lowest BCUT2D eigenvalue weighted by molar-refractivity contribution is -0.120. The molecule has 1 atom stereocenters. The first-order valence-corrected chi connectivity index (χ1v) is 6.37. The third kappa shape index (κ3) is 3.01. The molecule has 1 heterocycles. The molecule has 18 heavy (non-hydrogen) atoms. The minimum absolute atomic E-state index is 0.0844. The molecule has 1 unspecified atom stereocenters. The van der Waals surface area contributed by atoms with Gasteiger partial charge < -0.3 is 15.4 Å². The highest BCUT2D eigenvalue weighted by molar-refractivity contribution is 5.92. The summed E-state index contributed by atoms with van der Waals surface area (Å²) in [6, 6.07) is 5.69. The van der Waals surface area contributed by atoms with Crippen molar-refractivity contribution in [3.63, 3.8) is 0 Å². The lowest BCUT2D eigenvalue weighted by Crippen LogP contribution is -2.37. The maximum Gasteiger partial charge on any atom is 0.228 e. The van der Waals surface area contributed by atoms with Crippen molar-refractivity contribution in [2.75, 3.05) is 25.5 Å². The first-order chi connectivity index (χ1) is 8.70. The predicted octanol–water partition coefficient (Wildman–Crippen LogP) is 1.94. The van der Waals surface area contributed by atoms with Gasteiger partial charge in [-0.05, 0) is 50.1 Å². The Hall–Kier alpha value is -1.55. The molecule has 1 saturated heterocycles. The molecule has 1 amide bonds. The first-order valence-electron chi connectivity index (χ1n) is 6.37. The van der Waals surface area contributed by atoms with Crippen molar-refractivity contribution < 1.29 is 9.53 Å². The van der Waals surface area contributed by atoms with Gasteiger partial charge in [-0.2, -0.15) is 0 Å². The molecular weight excluding hydrogens is 228 g/mol. The van der Waals surface area contributed by atoms with Crippen LogP contribution in [0.4, 0.5) is 5.69 Å². The number of aryl methyl sites for hydroxylation is 1. The van der Waals surface area contributed by atoms with Crippen molar-refractivity contribution >= 4 is 11.6 Å². The van der Waals surface area contributed by atoms with Crippen LogP contribution < -0.4 is 15.4 Å².